The zero-order valence-electron chi connectivity index (χ0n) is 20.5. The number of Topliss-reactive ketones (excluding diaryl/α,β-unsaturated/α-hetero) is 1. The Hall–Kier alpha value is -3.58. The second-order valence-electron chi connectivity index (χ2n) is 9.97. The van der Waals surface area contributed by atoms with Gasteiger partial charge in [0.25, 0.3) is 5.56 Å². The van der Waals surface area contributed by atoms with Crippen molar-refractivity contribution in [1.82, 2.24) is 9.97 Å². The summed E-state index contributed by atoms with van der Waals surface area (Å²) in [7, 11) is 0. The van der Waals surface area contributed by atoms with Gasteiger partial charge in [0, 0.05) is 29.4 Å². The van der Waals surface area contributed by atoms with Gasteiger partial charge in [-0.25, -0.2) is 4.98 Å². The van der Waals surface area contributed by atoms with Gasteiger partial charge in [-0.1, -0.05) is 74.1 Å². The van der Waals surface area contributed by atoms with Gasteiger partial charge >= 0.3 is 0 Å². The Labute approximate surface area is 214 Å². The van der Waals surface area contributed by atoms with Crippen LogP contribution in [0.25, 0.3) is 0 Å². The van der Waals surface area contributed by atoms with Crippen LogP contribution in [0.2, 0.25) is 0 Å². The van der Waals surface area contributed by atoms with E-state index in [9.17, 15) is 9.59 Å². The van der Waals surface area contributed by atoms with Crippen molar-refractivity contribution in [2.24, 2.45) is 5.41 Å². The van der Waals surface area contributed by atoms with E-state index >= 15 is 0 Å². The van der Waals surface area contributed by atoms with Crippen molar-refractivity contribution in [1.29, 1.82) is 0 Å². The normalized spacial score (nSPS) is 18.2. The van der Waals surface area contributed by atoms with E-state index in [0.29, 0.717) is 47.3 Å². The number of thioether (sulfide) groups is 1. The number of fused-ring (bicyclic) bond motifs is 1. The summed E-state index contributed by atoms with van der Waals surface area (Å²) in [6, 6.07) is 17.7. The van der Waals surface area contributed by atoms with E-state index in [1.807, 2.05) is 54.6 Å². The molecule has 0 saturated heterocycles. The van der Waals surface area contributed by atoms with Crippen LogP contribution in [0.5, 0.6) is 5.75 Å². The highest BCUT2D eigenvalue weighted by molar-refractivity contribution is 7.99. The fourth-order valence-electron chi connectivity index (χ4n) is 4.93. The van der Waals surface area contributed by atoms with E-state index in [1.165, 1.54) is 11.8 Å². The number of carbonyl (C=O) groups excluding carboxylic acids is 1. The van der Waals surface area contributed by atoms with Gasteiger partial charge in [0.1, 0.15) is 18.2 Å². The number of aromatic amines is 1. The van der Waals surface area contributed by atoms with Crippen LogP contribution in [-0.4, -0.2) is 21.5 Å². The Kier molecular flexibility index (Phi) is 6.58. The van der Waals surface area contributed by atoms with Crippen molar-refractivity contribution in [3.63, 3.8) is 0 Å². The number of hydrogen-bond donors (Lipinski definition) is 2. The molecule has 1 aliphatic carbocycles. The lowest BCUT2D eigenvalue weighted by atomic mass is 9.69. The number of H-pyrrole nitrogens is 1. The summed E-state index contributed by atoms with van der Waals surface area (Å²) in [6.45, 7) is 8.40. The Morgan fingerprint density at radius 2 is 1.86 bits per heavy atom. The van der Waals surface area contributed by atoms with E-state index in [1.54, 1.807) is 6.08 Å². The number of ether oxygens (including phenoxy) is 1. The molecular formula is C29H29N3O3S. The number of rotatable bonds is 7. The Morgan fingerprint density at radius 3 is 2.58 bits per heavy atom. The largest absolute Gasteiger partial charge is 0.489 e. The molecule has 2 aromatic carbocycles. The van der Waals surface area contributed by atoms with Gasteiger partial charge in [-0.3, -0.25) is 9.59 Å². The monoisotopic (exact) mass is 499 g/mol. The summed E-state index contributed by atoms with van der Waals surface area (Å²) in [5.41, 5.74) is 3.54. The maximum absolute atomic E-state index is 13.4. The molecule has 5 rings (SSSR count). The third kappa shape index (κ3) is 4.88. The first-order valence-electron chi connectivity index (χ1n) is 12.0. The van der Waals surface area contributed by atoms with Crippen LogP contribution in [0.4, 0.5) is 5.82 Å². The molecule has 3 aromatic rings. The molecule has 0 bridgehead atoms. The third-order valence-corrected chi connectivity index (χ3v) is 7.37. The predicted molar refractivity (Wildman–Crippen MR) is 144 cm³/mol. The van der Waals surface area contributed by atoms with Crippen LogP contribution >= 0.6 is 11.8 Å². The van der Waals surface area contributed by atoms with Gasteiger partial charge in [0.2, 0.25) is 0 Å². The van der Waals surface area contributed by atoms with Gasteiger partial charge in [0.05, 0.1) is 5.56 Å². The second-order valence-corrected chi connectivity index (χ2v) is 11.0. The fourth-order valence-corrected chi connectivity index (χ4v) is 5.53. The minimum absolute atomic E-state index is 0.0679. The van der Waals surface area contributed by atoms with Crippen LogP contribution in [-0.2, 0) is 11.4 Å². The van der Waals surface area contributed by atoms with Crippen LogP contribution in [0.3, 0.4) is 0 Å². The van der Waals surface area contributed by atoms with Crippen molar-refractivity contribution in [2.75, 3.05) is 11.1 Å². The second kappa shape index (κ2) is 9.82. The number of anilines is 1. The average molecular weight is 500 g/mol. The summed E-state index contributed by atoms with van der Waals surface area (Å²) in [6.07, 6.45) is 2.92. The SMILES string of the molecule is C=CCSc1nc2c(c(=O)[nH]1)C(c1ccc(OCc3ccccc3)cc1)C1=C(CC(C)(C)CC1=O)N2. The molecule has 2 heterocycles. The molecule has 6 nitrogen and oxygen atoms in total. The number of allylic oxidation sites excluding steroid dienone is 2. The molecule has 0 saturated carbocycles. The summed E-state index contributed by atoms with van der Waals surface area (Å²) < 4.78 is 5.95. The highest BCUT2D eigenvalue weighted by atomic mass is 32.2. The Bertz CT molecular complexity index is 1390. The average Bonchev–Trinajstić information content (AvgIpc) is 2.85. The minimum Gasteiger partial charge on any atom is -0.489 e. The van der Waals surface area contributed by atoms with Crippen molar-refractivity contribution < 1.29 is 9.53 Å². The van der Waals surface area contributed by atoms with Gasteiger partial charge in [0.15, 0.2) is 10.9 Å². The summed E-state index contributed by atoms with van der Waals surface area (Å²) in [5, 5.41) is 3.88. The number of hydrogen-bond acceptors (Lipinski definition) is 6. The molecule has 0 spiro atoms. The summed E-state index contributed by atoms with van der Waals surface area (Å²) in [5.74, 6) is 1.46. The standard InChI is InChI=1S/C29H29N3O3S/c1-4-14-36-28-31-26-25(27(34)32-28)23(24-21(30-26)15-29(2,3)16-22(24)33)19-10-12-20(13-11-19)35-17-18-8-6-5-7-9-18/h4-13,23H,1,14-17H2,2-3H3,(H2,30,31,32,34). The molecule has 2 aliphatic rings. The molecule has 0 fully saturated rings. The van der Waals surface area contributed by atoms with Crippen LogP contribution in [0.1, 0.15) is 49.3 Å². The zero-order valence-corrected chi connectivity index (χ0v) is 21.3. The molecule has 1 aromatic heterocycles. The van der Waals surface area contributed by atoms with Crippen molar-refractivity contribution in [3.05, 3.63) is 106 Å². The van der Waals surface area contributed by atoms with Crippen LogP contribution in [0, 0.1) is 5.41 Å². The van der Waals surface area contributed by atoms with Crippen LogP contribution in [0.15, 0.2) is 88.5 Å². The van der Waals surface area contributed by atoms with E-state index in [0.717, 1.165) is 22.6 Å². The highest BCUT2D eigenvalue weighted by Crippen LogP contribution is 2.47. The lowest BCUT2D eigenvalue weighted by Crippen LogP contribution is -2.37. The molecule has 0 amide bonds. The first kappa shape index (κ1) is 24.1. The smallest absolute Gasteiger partial charge is 0.257 e. The highest BCUT2D eigenvalue weighted by Gasteiger charge is 2.42. The third-order valence-electron chi connectivity index (χ3n) is 6.50. The quantitative estimate of drug-likeness (QED) is 0.242. The molecule has 36 heavy (non-hydrogen) atoms. The first-order chi connectivity index (χ1) is 17.3. The summed E-state index contributed by atoms with van der Waals surface area (Å²) >= 11 is 1.42. The zero-order chi connectivity index (χ0) is 25.3. The number of aromatic nitrogens is 2. The molecule has 2 N–H and O–H groups in total. The maximum Gasteiger partial charge on any atom is 0.257 e. The Morgan fingerprint density at radius 1 is 1.11 bits per heavy atom. The van der Waals surface area contributed by atoms with Gasteiger partial charge < -0.3 is 15.0 Å². The number of nitrogens with one attached hydrogen (secondary N) is 2. The van der Waals surface area contributed by atoms with Crippen molar-refractivity contribution in [3.8, 4) is 5.75 Å². The molecule has 1 aliphatic heterocycles. The van der Waals surface area contributed by atoms with E-state index in [-0.39, 0.29) is 16.8 Å². The molecule has 184 valence electrons. The number of benzene rings is 2. The van der Waals surface area contributed by atoms with E-state index in [4.69, 9.17) is 9.72 Å². The van der Waals surface area contributed by atoms with Crippen LogP contribution < -0.4 is 15.6 Å². The molecular weight excluding hydrogens is 470 g/mol. The number of nitrogens with zero attached hydrogens (tertiary/aromatic N) is 1. The maximum atomic E-state index is 13.4. The molecule has 1 unspecified atom stereocenters. The van der Waals surface area contributed by atoms with Gasteiger partial charge in [-0.05, 0) is 35.1 Å². The fraction of sp³-hybridized carbons (Fsp3) is 0.276. The lowest BCUT2D eigenvalue weighted by molar-refractivity contribution is -0.118. The topological polar surface area (TPSA) is 84.1 Å². The number of carbonyl (C=O) groups is 1. The van der Waals surface area contributed by atoms with E-state index in [2.05, 4.69) is 30.7 Å². The van der Waals surface area contributed by atoms with Crippen molar-refractivity contribution in [2.45, 2.75) is 44.4 Å². The summed E-state index contributed by atoms with van der Waals surface area (Å²) in [4.78, 5) is 34.4. The first-order valence-corrected chi connectivity index (χ1v) is 13.0. The van der Waals surface area contributed by atoms with Gasteiger partial charge in [-0.15, -0.1) is 6.58 Å². The molecule has 7 heteroatoms. The Balaban J connectivity index is 1.53. The minimum atomic E-state index is -0.488. The molecule has 1 atom stereocenters. The van der Waals surface area contributed by atoms with Crippen molar-refractivity contribution >= 4 is 23.4 Å². The van der Waals surface area contributed by atoms with E-state index < -0.39 is 5.92 Å². The molecule has 0 radical (unpaired) electrons. The van der Waals surface area contributed by atoms with Gasteiger partial charge in [-0.2, -0.15) is 0 Å². The predicted octanol–water partition coefficient (Wildman–Crippen LogP) is 5.83. The number of ketones is 1. The lowest BCUT2D eigenvalue weighted by Gasteiger charge is -2.38.